The van der Waals surface area contributed by atoms with Crippen LogP contribution in [0.2, 0.25) is 0 Å². The van der Waals surface area contributed by atoms with Crippen LogP contribution in [0.1, 0.15) is 17.1 Å². The van der Waals surface area contributed by atoms with Gasteiger partial charge in [-0.1, -0.05) is 12.1 Å². The summed E-state index contributed by atoms with van der Waals surface area (Å²) in [4.78, 5) is 9.54. The minimum Gasteiger partial charge on any atom is -0.379 e. The van der Waals surface area contributed by atoms with E-state index in [1.165, 1.54) is 5.56 Å². The summed E-state index contributed by atoms with van der Waals surface area (Å²) in [6.45, 7) is 3.70. The van der Waals surface area contributed by atoms with Gasteiger partial charge in [0, 0.05) is 12.2 Å². The number of hydrogen-bond donors (Lipinski definition) is 2. The lowest BCUT2D eigenvalue weighted by molar-refractivity contribution is 0.402. The van der Waals surface area contributed by atoms with Crippen LogP contribution in [0.25, 0.3) is 0 Å². The molecule has 1 aromatic carbocycles. The third-order valence-corrected chi connectivity index (χ3v) is 2.69. The first-order valence-electron chi connectivity index (χ1n) is 6.11. The highest BCUT2D eigenvalue weighted by atomic mass is 15.0. The fraction of sp³-hybridized carbons (Fsp3) is 0.357. The molecule has 0 saturated carbocycles. The topological polar surface area (TPSA) is 44.0 Å². The van der Waals surface area contributed by atoms with Crippen molar-refractivity contribution >= 4 is 5.69 Å². The second kappa shape index (κ2) is 5.69. The van der Waals surface area contributed by atoms with Gasteiger partial charge >= 0.3 is 0 Å². The summed E-state index contributed by atoms with van der Waals surface area (Å²) in [6.07, 6.45) is 1.86. The van der Waals surface area contributed by atoms with Crippen LogP contribution in [0.5, 0.6) is 0 Å². The summed E-state index contributed by atoms with van der Waals surface area (Å²) in [7, 11) is 4.15. The van der Waals surface area contributed by atoms with E-state index in [1.54, 1.807) is 0 Å². The number of aryl methyl sites for hydroxylation is 1. The van der Waals surface area contributed by atoms with Crippen LogP contribution < -0.4 is 5.32 Å². The summed E-state index contributed by atoms with van der Waals surface area (Å²) in [5.74, 6) is 0.952. The smallest absolute Gasteiger partial charge is 0.103 e. The molecule has 1 heterocycles. The van der Waals surface area contributed by atoms with E-state index in [0.717, 1.165) is 30.3 Å². The third-order valence-electron chi connectivity index (χ3n) is 2.69. The van der Waals surface area contributed by atoms with E-state index in [9.17, 15) is 0 Å². The first kappa shape index (κ1) is 12.6. The Morgan fingerprint density at radius 2 is 1.94 bits per heavy atom. The van der Waals surface area contributed by atoms with Gasteiger partial charge in [-0.15, -0.1) is 0 Å². The summed E-state index contributed by atoms with van der Waals surface area (Å²) in [5.41, 5.74) is 3.55. The number of benzene rings is 1. The molecule has 0 aliphatic carbocycles. The van der Waals surface area contributed by atoms with Crippen LogP contribution in [-0.2, 0) is 13.1 Å². The minimum atomic E-state index is 0.772. The summed E-state index contributed by atoms with van der Waals surface area (Å²) in [5, 5.41) is 3.37. The van der Waals surface area contributed by atoms with E-state index in [0.29, 0.717) is 0 Å². The van der Waals surface area contributed by atoms with Gasteiger partial charge in [0.1, 0.15) is 5.82 Å². The molecule has 0 aliphatic rings. The monoisotopic (exact) mass is 244 g/mol. The molecule has 4 heteroatoms. The Labute approximate surface area is 108 Å². The molecule has 4 nitrogen and oxygen atoms in total. The SMILES string of the molecule is Cc1ncc(CNc2ccc(CN(C)C)cc2)[nH]1. The van der Waals surface area contributed by atoms with Gasteiger partial charge in [-0.25, -0.2) is 4.98 Å². The fourth-order valence-corrected chi connectivity index (χ4v) is 1.85. The Morgan fingerprint density at radius 1 is 1.22 bits per heavy atom. The normalized spacial score (nSPS) is 10.9. The number of imidazole rings is 1. The van der Waals surface area contributed by atoms with Crippen molar-refractivity contribution in [3.63, 3.8) is 0 Å². The van der Waals surface area contributed by atoms with Gasteiger partial charge in [0.2, 0.25) is 0 Å². The highest BCUT2D eigenvalue weighted by molar-refractivity contribution is 5.44. The van der Waals surface area contributed by atoms with Crippen LogP contribution >= 0.6 is 0 Å². The van der Waals surface area contributed by atoms with Crippen molar-refractivity contribution in [3.05, 3.63) is 47.5 Å². The van der Waals surface area contributed by atoms with E-state index >= 15 is 0 Å². The van der Waals surface area contributed by atoms with Crippen molar-refractivity contribution in [2.24, 2.45) is 0 Å². The molecule has 0 spiro atoms. The Balaban J connectivity index is 1.90. The van der Waals surface area contributed by atoms with E-state index in [2.05, 4.69) is 58.5 Å². The number of rotatable bonds is 5. The van der Waals surface area contributed by atoms with Gasteiger partial charge in [-0.05, 0) is 38.7 Å². The molecule has 1 aromatic heterocycles. The Hall–Kier alpha value is -1.81. The van der Waals surface area contributed by atoms with Crippen molar-refractivity contribution in [2.45, 2.75) is 20.0 Å². The zero-order valence-electron chi connectivity index (χ0n) is 11.2. The number of hydrogen-bond acceptors (Lipinski definition) is 3. The number of nitrogens with zero attached hydrogens (tertiary/aromatic N) is 2. The number of nitrogens with one attached hydrogen (secondary N) is 2. The average Bonchev–Trinajstić information content (AvgIpc) is 2.74. The average molecular weight is 244 g/mol. The molecule has 0 bridgehead atoms. The van der Waals surface area contributed by atoms with Crippen LogP contribution in [0.15, 0.2) is 30.5 Å². The molecule has 0 aliphatic heterocycles. The Kier molecular flexibility index (Phi) is 3.99. The predicted molar refractivity (Wildman–Crippen MR) is 74.5 cm³/mol. The number of H-pyrrole nitrogens is 1. The second-order valence-electron chi connectivity index (χ2n) is 4.78. The first-order chi connectivity index (χ1) is 8.63. The maximum Gasteiger partial charge on any atom is 0.103 e. The van der Waals surface area contributed by atoms with Gasteiger partial charge in [-0.3, -0.25) is 0 Å². The largest absolute Gasteiger partial charge is 0.379 e. The zero-order chi connectivity index (χ0) is 13.0. The molecular weight excluding hydrogens is 224 g/mol. The third kappa shape index (κ3) is 3.60. The summed E-state index contributed by atoms with van der Waals surface area (Å²) < 4.78 is 0. The molecule has 18 heavy (non-hydrogen) atoms. The van der Waals surface area contributed by atoms with Crippen molar-refractivity contribution in [1.82, 2.24) is 14.9 Å². The van der Waals surface area contributed by atoms with Crippen LogP contribution in [-0.4, -0.2) is 29.0 Å². The number of anilines is 1. The maximum atomic E-state index is 4.17. The molecule has 2 rings (SSSR count). The van der Waals surface area contributed by atoms with E-state index in [1.807, 2.05) is 13.1 Å². The summed E-state index contributed by atoms with van der Waals surface area (Å²) in [6, 6.07) is 8.53. The van der Waals surface area contributed by atoms with E-state index in [-0.39, 0.29) is 0 Å². The Bertz CT molecular complexity index is 485. The number of aromatic nitrogens is 2. The molecule has 0 radical (unpaired) electrons. The molecule has 0 fully saturated rings. The highest BCUT2D eigenvalue weighted by Crippen LogP contribution is 2.11. The standard InChI is InChI=1S/C14H20N4/c1-11-15-8-14(17-11)9-16-13-6-4-12(5-7-13)10-18(2)3/h4-8,16H,9-10H2,1-3H3,(H,15,17). The van der Waals surface area contributed by atoms with Crippen molar-refractivity contribution in [3.8, 4) is 0 Å². The molecule has 0 amide bonds. The molecular formula is C14H20N4. The van der Waals surface area contributed by atoms with Gasteiger partial charge in [0.15, 0.2) is 0 Å². The fourth-order valence-electron chi connectivity index (χ4n) is 1.85. The van der Waals surface area contributed by atoms with Crippen LogP contribution in [0.3, 0.4) is 0 Å². The van der Waals surface area contributed by atoms with Crippen LogP contribution in [0.4, 0.5) is 5.69 Å². The van der Waals surface area contributed by atoms with Gasteiger partial charge in [-0.2, -0.15) is 0 Å². The lowest BCUT2D eigenvalue weighted by atomic mass is 10.2. The quantitative estimate of drug-likeness (QED) is 0.848. The molecule has 2 aromatic rings. The van der Waals surface area contributed by atoms with E-state index < -0.39 is 0 Å². The molecule has 0 unspecified atom stereocenters. The molecule has 0 atom stereocenters. The zero-order valence-corrected chi connectivity index (χ0v) is 11.2. The van der Waals surface area contributed by atoms with E-state index in [4.69, 9.17) is 0 Å². The Morgan fingerprint density at radius 3 is 2.50 bits per heavy atom. The van der Waals surface area contributed by atoms with Gasteiger partial charge in [0.25, 0.3) is 0 Å². The lowest BCUT2D eigenvalue weighted by Crippen LogP contribution is -2.10. The van der Waals surface area contributed by atoms with Gasteiger partial charge in [0.05, 0.1) is 18.4 Å². The molecule has 2 N–H and O–H groups in total. The predicted octanol–water partition coefficient (Wildman–Crippen LogP) is 2.39. The van der Waals surface area contributed by atoms with Crippen molar-refractivity contribution in [2.75, 3.05) is 19.4 Å². The lowest BCUT2D eigenvalue weighted by Gasteiger charge is -2.10. The first-order valence-corrected chi connectivity index (χ1v) is 6.11. The maximum absolute atomic E-state index is 4.17. The van der Waals surface area contributed by atoms with Crippen molar-refractivity contribution in [1.29, 1.82) is 0 Å². The summed E-state index contributed by atoms with van der Waals surface area (Å²) >= 11 is 0. The van der Waals surface area contributed by atoms with Gasteiger partial charge < -0.3 is 15.2 Å². The second-order valence-corrected chi connectivity index (χ2v) is 4.78. The number of aromatic amines is 1. The van der Waals surface area contributed by atoms with Crippen LogP contribution in [0, 0.1) is 6.92 Å². The minimum absolute atomic E-state index is 0.772. The molecule has 96 valence electrons. The highest BCUT2D eigenvalue weighted by Gasteiger charge is 1.98. The van der Waals surface area contributed by atoms with Crippen molar-refractivity contribution < 1.29 is 0 Å². The molecule has 0 saturated heterocycles.